The number of aliphatic imine (C=N–C) groups is 1. The lowest BCUT2D eigenvalue weighted by molar-refractivity contribution is 0.0531. The molecule has 7 nitrogen and oxygen atoms in total. The molecule has 158 valence electrons. The summed E-state index contributed by atoms with van der Waals surface area (Å²) in [6.45, 7) is 11.3. The molecule has 29 heavy (non-hydrogen) atoms. The van der Waals surface area contributed by atoms with Crippen molar-refractivity contribution in [2.24, 2.45) is 4.99 Å². The second kappa shape index (κ2) is 10.8. The van der Waals surface area contributed by atoms with Crippen molar-refractivity contribution in [1.82, 2.24) is 15.6 Å². The second-order valence-electron chi connectivity index (χ2n) is 6.55. The van der Waals surface area contributed by atoms with Gasteiger partial charge < -0.3 is 20.1 Å². The van der Waals surface area contributed by atoms with Gasteiger partial charge in [0.05, 0.1) is 32.0 Å². The summed E-state index contributed by atoms with van der Waals surface area (Å²) in [6.07, 6.45) is 0. The molecule has 1 heterocycles. The van der Waals surface area contributed by atoms with Crippen LogP contribution in [0.1, 0.15) is 58.3 Å². The first kappa shape index (κ1) is 22.7. The Bertz CT molecular complexity index is 864. The van der Waals surface area contributed by atoms with Crippen LogP contribution in [0.3, 0.4) is 0 Å². The molecule has 2 aromatic rings. The van der Waals surface area contributed by atoms with Crippen LogP contribution in [0.4, 0.5) is 0 Å². The van der Waals surface area contributed by atoms with E-state index in [1.165, 1.54) is 11.3 Å². The van der Waals surface area contributed by atoms with Crippen LogP contribution in [0.5, 0.6) is 5.75 Å². The number of nitrogens with zero attached hydrogens (tertiary/aromatic N) is 2. The van der Waals surface area contributed by atoms with Gasteiger partial charge in [-0.25, -0.2) is 14.8 Å². The Morgan fingerprint density at radius 1 is 1.31 bits per heavy atom. The van der Waals surface area contributed by atoms with Crippen molar-refractivity contribution in [3.63, 3.8) is 0 Å². The minimum absolute atomic E-state index is 0.0997. The molecule has 0 radical (unpaired) electrons. The van der Waals surface area contributed by atoms with E-state index in [1.807, 2.05) is 39.8 Å². The molecule has 1 unspecified atom stereocenters. The van der Waals surface area contributed by atoms with Crippen LogP contribution in [0.25, 0.3) is 0 Å². The lowest BCUT2D eigenvalue weighted by atomic mass is 10.1. The van der Waals surface area contributed by atoms with Crippen LogP contribution >= 0.6 is 11.3 Å². The minimum atomic E-state index is -0.323. The normalized spacial score (nSPS) is 12.4. The van der Waals surface area contributed by atoms with Crippen molar-refractivity contribution in [2.45, 2.75) is 47.2 Å². The molecule has 0 aliphatic heterocycles. The molecule has 1 aromatic heterocycles. The molecule has 0 saturated heterocycles. The van der Waals surface area contributed by atoms with Gasteiger partial charge in [-0.1, -0.05) is 12.1 Å². The maximum atomic E-state index is 12.0. The maximum Gasteiger partial charge on any atom is 0.350 e. The van der Waals surface area contributed by atoms with Gasteiger partial charge in [-0.3, -0.25) is 0 Å². The highest BCUT2D eigenvalue weighted by molar-refractivity contribution is 7.13. The highest BCUT2D eigenvalue weighted by Crippen LogP contribution is 2.24. The number of carbonyl (C=O) groups excluding carboxylic acids is 1. The Kier molecular flexibility index (Phi) is 8.45. The van der Waals surface area contributed by atoms with Gasteiger partial charge >= 0.3 is 5.97 Å². The smallest absolute Gasteiger partial charge is 0.350 e. The van der Waals surface area contributed by atoms with Gasteiger partial charge in [-0.15, -0.1) is 11.3 Å². The molecule has 1 aromatic carbocycles. The second-order valence-corrected chi connectivity index (χ2v) is 7.58. The van der Waals surface area contributed by atoms with Gasteiger partial charge in [0.25, 0.3) is 0 Å². The number of benzene rings is 1. The van der Waals surface area contributed by atoms with Gasteiger partial charge in [-0.2, -0.15) is 0 Å². The Morgan fingerprint density at radius 2 is 2.07 bits per heavy atom. The van der Waals surface area contributed by atoms with E-state index >= 15 is 0 Å². The number of hydrogen-bond donors (Lipinski definition) is 2. The molecule has 0 saturated carbocycles. The zero-order valence-corrected chi connectivity index (χ0v) is 18.8. The zero-order chi connectivity index (χ0) is 21.4. The van der Waals surface area contributed by atoms with Gasteiger partial charge in [0, 0.05) is 6.54 Å². The number of nitrogens with one attached hydrogen (secondary N) is 2. The molecule has 0 aliphatic rings. The van der Waals surface area contributed by atoms with Crippen molar-refractivity contribution in [2.75, 3.05) is 20.3 Å². The minimum Gasteiger partial charge on any atom is -0.496 e. The third-order valence-corrected chi connectivity index (χ3v) is 5.54. The average molecular weight is 419 g/mol. The highest BCUT2D eigenvalue weighted by atomic mass is 32.1. The fourth-order valence-corrected chi connectivity index (χ4v) is 3.75. The first-order chi connectivity index (χ1) is 13.9. The number of aromatic nitrogens is 1. The van der Waals surface area contributed by atoms with Crippen LogP contribution in [-0.2, 0) is 11.3 Å². The number of aryl methyl sites for hydroxylation is 2. The van der Waals surface area contributed by atoms with Crippen molar-refractivity contribution in [1.29, 1.82) is 0 Å². The summed E-state index contributed by atoms with van der Waals surface area (Å²) in [4.78, 5) is 21.8. The van der Waals surface area contributed by atoms with E-state index in [2.05, 4.69) is 26.7 Å². The van der Waals surface area contributed by atoms with Gasteiger partial charge in [-0.05, 0) is 51.8 Å². The SMILES string of the molecule is CCNC(=NCc1ccc(OC)c(C)c1)NC(C)c1nc(C)c(C(=O)OCC)s1. The molecule has 0 aliphatic carbocycles. The quantitative estimate of drug-likeness (QED) is 0.386. The van der Waals surface area contributed by atoms with E-state index in [0.29, 0.717) is 29.7 Å². The number of guanidine groups is 1. The molecule has 2 N–H and O–H groups in total. The van der Waals surface area contributed by atoms with Gasteiger partial charge in [0.2, 0.25) is 0 Å². The lowest BCUT2D eigenvalue weighted by Crippen LogP contribution is -2.38. The topological polar surface area (TPSA) is 84.8 Å². The largest absolute Gasteiger partial charge is 0.496 e. The Hall–Kier alpha value is -2.61. The summed E-state index contributed by atoms with van der Waals surface area (Å²) < 4.78 is 10.4. The molecule has 0 fully saturated rings. The average Bonchev–Trinajstić information content (AvgIpc) is 3.08. The fraction of sp³-hybridized carbons (Fsp3) is 0.476. The van der Waals surface area contributed by atoms with E-state index in [0.717, 1.165) is 28.4 Å². The fourth-order valence-electron chi connectivity index (χ4n) is 2.78. The molecular formula is C21H30N4O3S. The van der Waals surface area contributed by atoms with Crippen LogP contribution in [0, 0.1) is 13.8 Å². The molecular weight excluding hydrogens is 388 g/mol. The first-order valence-corrected chi connectivity index (χ1v) is 10.5. The third-order valence-electron chi connectivity index (χ3n) is 4.22. The summed E-state index contributed by atoms with van der Waals surface area (Å²) in [7, 11) is 1.67. The third kappa shape index (κ3) is 6.19. The first-order valence-electron chi connectivity index (χ1n) is 9.72. The van der Waals surface area contributed by atoms with Crippen LogP contribution in [0.15, 0.2) is 23.2 Å². The molecule has 0 amide bonds. The standard InChI is InChI=1S/C21H30N4O3S/c1-7-22-21(23-12-16-9-10-17(27-6)13(3)11-16)25-15(5)19-24-14(4)18(29-19)20(26)28-8-2/h9-11,15H,7-8,12H2,1-6H3,(H2,22,23,25). The summed E-state index contributed by atoms with van der Waals surface area (Å²) in [5, 5.41) is 7.43. The van der Waals surface area contributed by atoms with E-state index in [9.17, 15) is 4.79 Å². The summed E-state index contributed by atoms with van der Waals surface area (Å²) in [6, 6.07) is 5.94. The molecule has 0 spiro atoms. The number of hydrogen-bond acceptors (Lipinski definition) is 6. The molecule has 8 heteroatoms. The highest BCUT2D eigenvalue weighted by Gasteiger charge is 2.20. The van der Waals surface area contributed by atoms with E-state index in [4.69, 9.17) is 9.47 Å². The summed E-state index contributed by atoms with van der Waals surface area (Å²) in [5.74, 6) is 1.24. The summed E-state index contributed by atoms with van der Waals surface area (Å²) >= 11 is 1.35. The van der Waals surface area contributed by atoms with E-state index in [-0.39, 0.29) is 12.0 Å². The van der Waals surface area contributed by atoms with Gasteiger partial charge in [0.1, 0.15) is 15.6 Å². The number of ether oxygens (including phenoxy) is 2. The predicted molar refractivity (Wildman–Crippen MR) is 117 cm³/mol. The molecule has 2 rings (SSSR count). The summed E-state index contributed by atoms with van der Waals surface area (Å²) in [5.41, 5.74) is 2.87. The zero-order valence-electron chi connectivity index (χ0n) is 18.0. The predicted octanol–water partition coefficient (Wildman–Crippen LogP) is 3.76. The molecule has 1 atom stereocenters. The number of rotatable bonds is 8. The Morgan fingerprint density at radius 3 is 2.69 bits per heavy atom. The van der Waals surface area contributed by atoms with Crippen molar-refractivity contribution < 1.29 is 14.3 Å². The van der Waals surface area contributed by atoms with Crippen molar-refractivity contribution in [3.8, 4) is 5.75 Å². The Labute approximate surface area is 176 Å². The Balaban J connectivity index is 2.11. The lowest BCUT2D eigenvalue weighted by Gasteiger charge is -2.16. The van der Waals surface area contributed by atoms with E-state index in [1.54, 1.807) is 14.0 Å². The molecule has 0 bridgehead atoms. The van der Waals surface area contributed by atoms with E-state index < -0.39 is 0 Å². The number of esters is 1. The van der Waals surface area contributed by atoms with Crippen LogP contribution in [-0.4, -0.2) is 37.2 Å². The number of carbonyl (C=O) groups is 1. The number of thiazole rings is 1. The van der Waals surface area contributed by atoms with Crippen molar-refractivity contribution >= 4 is 23.3 Å². The van der Waals surface area contributed by atoms with Crippen LogP contribution < -0.4 is 15.4 Å². The maximum absolute atomic E-state index is 12.0. The monoisotopic (exact) mass is 418 g/mol. The van der Waals surface area contributed by atoms with Gasteiger partial charge in [0.15, 0.2) is 5.96 Å². The van der Waals surface area contributed by atoms with Crippen LogP contribution in [0.2, 0.25) is 0 Å². The van der Waals surface area contributed by atoms with Crippen molar-refractivity contribution in [3.05, 3.63) is 44.9 Å². The number of methoxy groups -OCH3 is 1.